The van der Waals surface area contributed by atoms with Gasteiger partial charge in [-0.05, 0) is 106 Å². The van der Waals surface area contributed by atoms with E-state index in [1.54, 1.807) is 0 Å². The maximum atomic E-state index is 2.51. The van der Waals surface area contributed by atoms with Crippen LogP contribution in [-0.4, -0.2) is 4.57 Å². The normalized spacial score (nSPS) is 14.6. The predicted octanol–water partition coefficient (Wildman–Crippen LogP) is 16.3. The number of nitrogens with zero attached hydrogens (tertiary/aromatic N) is 2. The number of para-hydroxylation sites is 1. The molecule has 0 amide bonds. The second kappa shape index (κ2) is 13.6. The Hall–Kier alpha value is -6.42. The van der Waals surface area contributed by atoms with E-state index in [1.807, 2.05) is 11.3 Å². The predicted molar refractivity (Wildman–Crippen MR) is 255 cm³/mol. The first-order chi connectivity index (χ1) is 28.7. The van der Waals surface area contributed by atoms with Crippen LogP contribution >= 0.6 is 11.3 Å². The van der Waals surface area contributed by atoms with Crippen LogP contribution in [0.3, 0.4) is 0 Å². The zero-order valence-electron chi connectivity index (χ0n) is 34.0. The molecule has 11 rings (SSSR count). The van der Waals surface area contributed by atoms with Crippen LogP contribution in [0.4, 0.5) is 17.1 Å². The third-order valence-electron chi connectivity index (χ3n) is 13.1. The Balaban J connectivity index is 1.15. The molecule has 0 spiro atoms. The van der Waals surface area contributed by atoms with Crippen LogP contribution < -0.4 is 4.90 Å². The van der Waals surface area contributed by atoms with Crippen LogP contribution in [0, 0.1) is 0 Å². The lowest BCUT2D eigenvalue weighted by atomic mass is 9.63. The average Bonchev–Trinajstić information content (AvgIpc) is 3.82. The standard InChI is InChI=1S/C56H46N2S/c1-55(2)33-34-56(3,4)49-35-41(30-32-48(49)55)58-50-23-12-11-19-44(50)45-31-29-42(36-52(45)58)57(40-27-25-38(26-28-40)37-15-7-5-8-16-37)51-24-14-22-47-46-21-13-20-43(53(46)59-54(47)51)39-17-9-6-10-18-39/h5-32,35-36H,33-34H2,1-4H3. The fourth-order valence-electron chi connectivity index (χ4n) is 9.78. The molecule has 0 atom stereocenters. The molecule has 3 heteroatoms. The summed E-state index contributed by atoms with van der Waals surface area (Å²) in [5.74, 6) is 0. The van der Waals surface area contributed by atoms with E-state index in [0.29, 0.717) is 0 Å². The Kier molecular flexibility index (Phi) is 8.22. The number of fused-ring (bicyclic) bond motifs is 7. The molecule has 286 valence electrons. The van der Waals surface area contributed by atoms with Crippen molar-refractivity contribution < 1.29 is 0 Å². The minimum absolute atomic E-state index is 0.108. The summed E-state index contributed by atoms with van der Waals surface area (Å²) in [7, 11) is 0. The van der Waals surface area contributed by atoms with Crippen molar-refractivity contribution in [2.75, 3.05) is 4.90 Å². The molecule has 2 aromatic heterocycles. The molecular formula is C56H46N2S. The number of thiophene rings is 1. The maximum Gasteiger partial charge on any atom is 0.0640 e. The highest BCUT2D eigenvalue weighted by molar-refractivity contribution is 7.27. The monoisotopic (exact) mass is 778 g/mol. The fourth-order valence-corrected chi connectivity index (χ4v) is 11.1. The van der Waals surface area contributed by atoms with Gasteiger partial charge in [0, 0.05) is 43.3 Å². The number of hydrogen-bond acceptors (Lipinski definition) is 2. The Morgan fingerprint density at radius 3 is 1.80 bits per heavy atom. The van der Waals surface area contributed by atoms with E-state index >= 15 is 0 Å². The van der Waals surface area contributed by atoms with Gasteiger partial charge in [-0.1, -0.05) is 161 Å². The van der Waals surface area contributed by atoms with Crippen LogP contribution in [0.1, 0.15) is 51.7 Å². The highest BCUT2D eigenvalue weighted by atomic mass is 32.1. The lowest BCUT2D eigenvalue weighted by Crippen LogP contribution is -2.33. The summed E-state index contributed by atoms with van der Waals surface area (Å²) in [4.78, 5) is 2.48. The number of anilines is 3. The summed E-state index contributed by atoms with van der Waals surface area (Å²) < 4.78 is 5.10. The number of benzene rings is 8. The fraction of sp³-hybridized carbons (Fsp3) is 0.143. The molecule has 2 heterocycles. The molecule has 1 aliphatic rings. The molecule has 2 nitrogen and oxygen atoms in total. The molecule has 10 aromatic rings. The summed E-state index contributed by atoms with van der Waals surface area (Å²) >= 11 is 1.90. The van der Waals surface area contributed by atoms with Crippen molar-refractivity contribution in [3.05, 3.63) is 193 Å². The van der Waals surface area contributed by atoms with E-state index in [4.69, 9.17) is 0 Å². The van der Waals surface area contributed by atoms with Gasteiger partial charge >= 0.3 is 0 Å². The first kappa shape index (κ1) is 35.7. The largest absolute Gasteiger partial charge is 0.309 e. The molecule has 0 unspecified atom stereocenters. The molecule has 0 aliphatic heterocycles. The third kappa shape index (κ3) is 5.82. The molecule has 0 fully saturated rings. The summed E-state index contributed by atoms with van der Waals surface area (Å²) in [6, 6.07) is 67.5. The zero-order chi connectivity index (χ0) is 39.9. The minimum Gasteiger partial charge on any atom is -0.309 e. The smallest absolute Gasteiger partial charge is 0.0640 e. The van der Waals surface area contributed by atoms with Crippen molar-refractivity contribution in [3.8, 4) is 27.9 Å². The maximum absolute atomic E-state index is 2.51. The van der Waals surface area contributed by atoms with Gasteiger partial charge < -0.3 is 9.47 Å². The summed E-state index contributed by atoms with van der Waals surface area (Å²) in [5, 5.41) is 5.10. The molecule has 8 aromatic carbocycles. The number of hydrogen-bond donors (Lipinski definition) is 0. The quantitative estimate of drug-likeness (QED) is 0.163. The van der Waals surface area contributed by atoms with Gasteiger partial charge in [0.2, 0.25) is 0 Å². The molecule has 0 saturated carbocycles. The van der Waals surface area contributed by atoms with Gasteiger partial charge in [0.15, 0.2) is 0 Å². The van der Waals surface area contributed by atoms with Gasteiger partial charge in [-0.2, -0.15) is 0 Å². The SMILES string of the molecule is CC1(C)CCC(C)(C)c2cc(-n3c4ccccc4c4ccc(N(c5ccc(-c6ccccc6)cc5)c5cccc6c5sc5c(-c7ccccc7)cccc56)cc43)ccc21. The molecular weight excluding hydrogens is 733 g/mol. The number of aromatic nitrogens is 1. The van der Waals surface area contributed by atoms with Crippen LogP contribution in [-0.2, 0) is 10.8 Å². The molecule has 1 aliphatic carbocycles. The molecule has 0 N–H and O–H groups in total. The van der Waals surface area contributed by atoms with E-state index < -0.39 is 0 Å². The molecule has 0 radical (unpaired) electrons. The summed E-state index contributed by atoms with van der Waals surface area (Å²) in [6.07, 6.45) is 2.38. The van der Waals surface area contributed by atoms with Gasteiger partial charge in [-0.15, -0.1) is 11.3 Å². The molecule has 0 bridgehead atoms. The van der Waals surface area contributed by atoms with Gasteiger partial charge in [0.25, 0.3) is 0 Å². The lowest BCUT2D eigenvalue weighted by Gasteiger charge is -2.42. The zero-order valence-corrected chi connectivity index (χ0v) is 34.9. The van der Waals surface area contributed by atoms with Gasteiger partial charge in [-0.3, -0.25) is 0 Å². The van der Waals surface area contributed by atoms with Crippen molar-refractivity contribution in [2.24, 2.45) is 0 Å². The van der Waals surface area contributed by atoms with Gasteiger partial charge in [0.05, 0.1) is 21.4 Å². The Bertz CT molecular complexity index is 3200. The minimum atomic E-state index is 0.108. The van der Waals surface area contributed by atoms with Crippen molar-refractivity contribution in [3.63, 3.8) is 0 Å². The third-order valence-corrected chi connectivity index (χ3v) is 14.3. The van der Waals surface area contributed by atoms with E-state index in [1.165, 1.54) is 99.6 Å². The van der Waals surface area contributed by atoms with Gasteiger partial charge in [-0.25, -0.2) is 0 Å². The average molecular weight is 779 g/mol. The highest BCUT2D eigenvalue weighted by Gasteiger charge is 2.37. The Morgan fingerprint density at radius 2 is 1.03 bits per heavy atom. The Morgan fingerprint density at radius 1 is 0.441 bits per heavy atom. The molecule has 59 heavy (non-hydrogen) atoms. The summed E-state index contributed by atoms with van der Waals surface area (Å²) in [5.41, 5.74) is 15.2. The van der Waals surface area contributed by atoms with Crippen LogP contribution in [0.25, 0.3) is 69.9 Å². The van der Waals surface area contributed by atoms with Crippen LogP contribution in [0.2, 0.25) is 0 Å². The van der Waals surface area contributed by atoms with E-state index in [2.05, 4.69) is 219 Å². The van der Waals surface area contributed by atoms with E-state index in [-0.39, 0.29) is 10.8 Å². The van der Waals surface area contributed by atoms with Crippen molar-refractivity contribution in [1.29, 1.82) is 0 Å². The van der Waals surface area contributed by atoms with E-state index in [0.717, 1.165) is 11.4 Å². The van der Waals surface area contributed by atoms with Crippen molar-refractivity contribution in [2.45, 2.75) is 51.4 Å². The Labute approximate surface area is 350 Å². The second-order valence-corrected chi connectivity index (χ2v) is 18.6. The number of rotatable bonds is 6. The first-order valence-electron chi connectivity index (χ1n) is 20.9. The topological polar surface area (TPSA) is 8.17 Å². The second-order valence-electron chi connectivity index (χ2n) is 17.6. The van der Waals surface area contributed by atoms with Crippen molar-refractivity contribution in [1.82, 2.24) is 4.57 Å². The molecule has 0 saturated heterocycles. The van der Waals surface area contributed by atoms with Crippen LogP contribution in [0.15, 0.2) is 182 Å². The van der Waals surface area contributed by atoms with Gasteiger partial charge in [0.1, 0.15) is 0 Å². The van der Waals surface area contributed by atoms with Crippen LogP contribution in [0.5, 0.6) is 0 Å². The lowest BCUT2D eigenvalue weighted by molar-refractivity contribution is 0.332. The van der Waals surface area contributed by atoms with E-state index in [9.17, 15) is 0 Å². The van der Waals surface area contributed by atoms with Crippen molar-refractivity contribution >= 4 is 70.4 Å². The summed E-state index contributed by atoms with van der Waals surface area (Å²) in [6.45, 7) is 9.67. The first-order valence-corrected chi connectivity index (χ1v) is 21.7. The highest BCUT2D eigenvalue weighted by Crippen LogP contribution is 2.49.